The third kappa shape index (κ3) is 4.96. The lowest BCUT2D eigenvalue weighted by Gasteiger charge is -2.10. The van der Waals surface area contributed by atoms with Crippen molar-refractivity contribution >= 4 is 29.0 Å². The number of anilines is 1. The normalized spacial score (nSPS) is 9.83. The summed E-state index contributed by atoms with van der Waals surface area (Å²) in [7, 11) is 1.34. The van der Waals surface area contributed by atoms with Gasteiger partial charge in [-0.3, -0.25) is 0 Å². The quantitative estimate of drug-likeness (QED) is 0.667. The van der Waals surface area contributed by atoms with Gasteiger partial charge in [-0.25, -0.2) is 4.79 Å². The van der Waals surface area contributed by atoms with Crippen LogP contribution in [0, 0.1) is 0 Å². The average Bonchev–Trinajstić information content (AvgIpc) is 2.57. The molecule has 0 saturated heterocycles. The van der Waals surface area contributed by atoms with Gasteiger partial charge in [0.05, 0.1) is 19.3 Å². The van der Waals surface area contributed by atoms with Crippen LogP contribution in [0.3, 0.4) is 0 Å². The van der Waals surface area contributed by atoms with Gasteiger partial charge in [-0.15, -0.1) is 0 Å². The molecular formula is C17H17NO4S. The summed E-state index contributed by atoms with van der Waals surface area (Å²) >= 11 is 5.15. The number of carbonyl (C=O) groups excluding carboxylic acids is 1. The Morgan fingerprint density at radius 1 is 1.04 bits per heavy atom. The van der Waals surface area contributed by atoms with Gasteiger partial charge in [0, 0.05) is 5.69 Å². The van der Waals surface area contributed by atoms with Crippen molar-refractivity contribution in [3.8, 4) is 11.5 Å². The molecular weight excluding hydrogens is 314 g/mol. The maximum atomic E-state index is 11.4. The molecule has 1 N–H and O–H groups in total. The van der Waals surface area contributed by atoms with Crippen molar-refractivity contribution in [3.05, 3.63) is 54.1 Å². The Balaban J connectivity index is 1.92. The second-order valence-corrected chi connectivity index (χ2v) is 4.86. The van der Waals surface area contributed by atoms with E-state index in [0.29, 0.717) is 17.9 Å². The van der Waals surface area contributed by atoms with Gasteiger partial charge in [0.25, 0.3) is 5.17 Å². The number of rotatable bonds is 5. The summed E-state index contributed by atoms with van der Waals surface area (Å²) in [5.74, 6) is 0.927. The molecule has 2 aromatic rings. The Morgan fingerprint density at radius 3 is 2.22 bits per heavy atom. The number of ether oxygens (including phenoxy) is 3. The molecule has 120 valence electrons. The zero-order chi connectivity index (χ0) is 16.7. The Hall–Kier alpha value is -2.60. The molecule has 0 unspecified atom stereocenters. The van der Waals surface area contributed by atoms with Crippen LogP contribution in [0.15, 0.2) is 48.5 Å². The van der Waals surface area contributed by atoms with E-state index < -0.39 is 5.97 Å². The van der Waals surface area contributed by atoms with Gasteiger partial charge >= 0.3 is 5.97 Å². The Bertz CT molecular complexity index is 668. The molecule has 0 radical (unpaired) electrons. The zero-order valence-electron chi connectivity index (χ0n) is 12.9. The Labute approximate surface area is 140 Å². The number of benzene rings is 2. The van der Waals surface area contributed by atoms with E-state index in [1.54, 1.807) is 24.3 Å². The van der Waals surface area contributed by atoms with E-state index in [1.165, 1.54) is 7.11 Å². The number of carbonyl (C=O) groups is 1. The van der Waals surface area contributed by atoms with Crippen molar-refractivity contribution in [1.82, 2.24) is 0 Å². The molecule has 0 spiro atoms. The van der Waals surface area contributed by atoms with Gasteiger partial charge in [-0.1, -0.05) is 0 Å². The van der Waals surface area contributed by atoms with Crippen molar-refractivity contribution in [2.24, 2.45) is 0 Å². The number of hydrogen-bond acceptors (Lipinski definition) is 5. The molecule has 0 bridgehead atoms. The van der Waals surface area contributed by atoms with Crippen molar-refractivity contribution in [3.63, 3.8) is 0 Å². The lowest BCUT2D eigenvalue weighted by atomic mass is 10.2. The van der Waals surface area contributed by atoms with E-state index in [0.717, 1.165) is 11.4 Å². The SMILES string of the molecule is CCOc1ccc(NC(=S)Oc2ccc(C(=O)OC)cc2)cc1. The van der Waals surface area contributed by atoms with Crippen LogP contribution in [-0.4, -0.2) is 24.9 Å². The molecule has 0 amide bonds. The van der Waals surface area contributed by atoms with Crippen LogP contribution in [0.1, 0.15) is 17.3 Å². The monoisotopic (exact) mass is 331 g/mol. The van der Waals surface area contributed by atoms with Gasteiger partial charge in [0.1, 0.15) is 11.5 Å². The third-order valence-corrected chi connectivity index (χ3v) is 3.08. The second kappa shape index (κ2) is 8.14. The van der Waals surface area contributed by atoms with Crippen LogP contribution in [0.4, 0.5) is 5.69 Å². The highest BCUT2D eigenvalue weighted by Crippen LogP contribution is 2.17. The summed E-state index contributed by atoms with van der Waals surface area (Å²) in [6, 6.07) is 13.9. The molecule has 2 rings (SSSR count). The molecule has 6 heteroatoms. The fourth-order valence-corrected chi connectivity index (χ4v) is 2.04. The molecule has 2 aromatic carbocycles. The summed E-state index contributed by atoms with van der Waals surface area (Å²) in [5, 5.41) is 3.18. The summed E-state index contributed by atoms with van der Waals surface area (Å²) in [5.41, 5.74) is 1.25. The number of thiocarbonyl (C=S) groups is 1. The Morgan fingerprint density at radius 2 is 1.65 bits per heavy atom. The Kier molecular flexibility index (Phi) is 5.94. The lowest BCUT2D eigenvalue weighted by Crippen LogP contribution is -2.16. The van der Waals surface area contributed by atoms with Gasteiger partial charge in [-0.2, -0.15) is 0 Å². The van der Waals surface area contributed by atoms with E-state index in [2.05, 4.69) is 10.1 Å². The predicted molar refractivity (Wildman–Crippen MR) is 92.2 cm³/mol. The molecule has 5 nitrogen and oxygen atoms in total. The highest BCUT2D eigenvalue weighted by atomic mass is 32.1. The van der Waals surface area contributed by atoms with E-state index >= 15 is 0 Å². The first-order valence-corrected chi connectivity index (χ1v) is 7.43. The average molecular weight is 331 g/mol. The highest BCUT2D eigenvalue weighted by molar-refractivity contribution is 7.80. The first-order valence-electron chi connectivity index (χ1n) is 7.02. The van der Waals surface area contributed by atoms with Gasteiger partial charge in [0.15, 0.2) is 0 Å². The van der Waals surface area contributed by atoms with Crippen LogP contribution >= 0.6 is 12.2 Å². The number of nitrogens with one attached hydrogen (secondary N) is 1. The van der Waals surface area contributed by atoms with Crippen LogP contribution in [0.5, 0.6) is 11.5 Å². The summed E-state index contributed by atoms with van der Waals surface area (Å²) in [4.78, 5) is 11.4. The molecule has 0 aliphatic heterocycles. The van der Waals surface area contributed by atoms with Crippen LogP contribution < -0.4 is 14.8 Å². The van der Waals surface area contributed by atoms with Crippen LogP contribution in [-0.2, 0) is 4.74 Å². The van der Waals surface area contributed by atoms with Gasteiger partial charge in [0.2, 0.25) is 0 Å². The standard InChI is InChI=1S/C17H17NO4S/c1-3-21-14-10-6-13(7-11-14)18-17(23)22-15-8-4-12(5-9-15)16(19)20-2/h4-11H,3H2,1-2H3,(H,18,23). The minimum absolute atomic E-state index is 0.208. The minimum atomic E-state index is -0.397. The molecule has 0 saturated carbocycles. The second-order valence-electron chi connectivity index (χ2n) is 4.49. The fourth-order valence-electron chi connectivity index (χ4n) is 1.83. The summed E-state index contributed by atoms with van der Waals surface area (Å²) < 4.78 is 15.5. The summed E-state index contributed by atoms with van der Waals surface area (Å²) in [6.45, 7) is 2.55. The topological polar surface area (TPSA) is 56.8 Å². The molecule has 0 aromatic heterocycles. The fraction of sp³-hybridized carbons (Fsp3) is 0.176. The highest BCUT2D eigenvalue weighted by Gasteiger charge is 2.06. The lowest BCUT2D eigenvalue weighted by molar-refractivity contribution is 0.0600. The summed E-state index contributed by atoms with van der Waals surface area (Å²) in [6.07, 6.45) is 0. The van der Waals surface area contributed by atoms with Crippen molar-refractivity contribution in [2.75, 3.05) is 19.0 Å². The molecule has 0 aliphatic rings. The van der Waals surface area contributed by atoms with Crippen molar-refractivity contribution < 1.29 is 19.0 Å². The molecule has 0 atom stereocenters. The largest absolute Gasteiger partial charge is 0.494 e. The first-order chi connectivity index (χ1) is 11.1. The van der Waals surface area contributed by atoms with Crippen molar-refractivity contribution in [2.45, 2.75) is 6.92 Å². The zero-order valence-corrected chi connectivity index (χ0v) is 13.7. The number of methoxy groups -OCH3 is 1. The van der Waals surface area contributed by atoms with Crippen LogP contribution in [0.2, 0.25) is 0 Å². The van der Waals surface area contributed by atoms with Gasteiger partial charge in [-0.05, 0) is 67.7 Å². The van der Waals surface area contributed by atoms with E-state index in [1.807, 2.05) is 31.2 Å². The number of esters is 1. The molecule has 0 fully saturated rings. The maximum Gasteiger partial charge on any atom is 0.337 e. The van der Waals surface area contributed by atoms with E-state index in [9.17, 15) is 4.79 Å². The molecule has 0 aliphatic carbocycles. The molecule has 23 heavy (non-hydrogen) atoms. The van der Waals surface area contributed by atoms with E-state index in [-0.39, 0.29) is 5.17 Å². The molecule has 0 heterocycles. The predicted octanol–water partition coefficient (Wildman–Crippen LogP) is 3.65. The number of hydrogen-bond donors (Lipinski definition) is 1. The van der Waals surface area contributed by atoms with E-state index in [4.69, 9.17) is 21.7 Å². The first kappa shape index (κ1) is 16.8. The smallest absolute Gasteiger partial charge is 0.337 e. The van der Waals surface area contributed by atoms with Gasteiger partial charge < -0.3 is 19.5 Å². The van der Waals surface area contributed by atoms with Crippen LogP contribution in [0.25, 0.3) is 0 Å². The third-order valence-electron chi connectivity index (χ3n) is 2.90. The van der Waals surface area contributed by atoms with Crippen molar-refractivity contribution in [1.29, 1.82) is 0 Å². The maximum absolute atomic E-state index is 11.4. The minimum Gasteiger partial charge on any atom is -0.494 e.